The average molecular weight is 338 g/mol. The first-order valence-corrected chi connectivity index (χ1v) is 8.83. The summed E-state index contributed by atoms with van der Waals surface area (Å²) >= 11 is 0. The number of nitrogens with zero attached hydrogens (tertiary/aromatic N) is 6. The molecule has 4 rings (SSSR count). The molecule has 7 heteroatoms. The van der Waals surface area contributed by atoms with Crippen molar-refractivity contribution in [2.75, 3.05) is 49.1 Å². The lowest BCUT2D eigenvalue weighted by Gasteiger charge is -2.35. The highest BCUT2D eigenvalue weighted by molar-refractivity contribution is 5.93. The predicted molar refractivity (Wildman–Crippen MR) is 95.8 cm³/mol. The summed E-state index contributed by atoms with van der Waals surface area (Å²) in [4.78, 5) is 32.1. The molecule has 2 aromatic heterocycles. The molecule has 0 aromatic carbocycles. The van der Waals surface area contributed by atoms with Crippen LogP contribution in [0.2, 0.25) is 0 Å². The molecule has 0 radical (unpaired) electrons. The Morgan fingerprint density at radius 1 is 0.840 bits per heavy atom. The number of rotatable bonds is 3. The van der Waals surface area contributed by atoms with Gasteiger partial charge in [-0.25, -0.2) is 15.0 Å². The molecule has 4 heterocycles. The van der Waals surface area contributed by atoms with Gasteiger partial charge >= 0.3 is 0 Å². The Morgan fingerprint density at radius 2 is 1.56 bits per heavy atom. The highest BCUT2D eigenvalue weighted by atomic mass is 16.2. The molecule has 25 heavy (non-hydrogen) atoms. The van der Waals surface area contributed by atoms with Crippen LogP contribution in [0.1, 0.15) is 23.2 Å². The van der Waals surface area contributed by atoms with Crippen LogP contribution in [0.5, 0.6) is 0 Å². The standard InChI is InChI=1S/C18H22N6O/c25-17(15-13-20-18(21-14-15)24-7-3-4-8-24)23-11-9-22(10-12-23)16-5-1-2-6-19-16/h1-2,5-6,13-14H,3-4,7-12H2. The fourth-order valence-corrected chi connectivity index (χ4v) is 3.37. The maximum atomic E-state index is 12.7. The largest absolute Gasteiger partial charge is 0.353 e. The summed E-state index contributed by atoms with van der Waals surface area (Å²) in [5, 5.41) is 0. The van der Waals surface area contributed by atoms with Gasteiger partial charge in [-0.15, -0.1) is 0 Å². The van der Waals surface area contributed by atoms with Crippen molar-refractivity contribution in [3.05, 3.63) is 42.4 Å². The van der Waals surface area contributed by atoms with Crippen molar-refractivity contribution in [2.45, 2.75) is 12.8 Å². The zero-order chi connectivity index (χ0) is 17.1. The van der Waals surface area contributed by atoms with Gasteiger partial charge in [-0.3, -0.25) is 4.79 Å². The van der Waals surface area contributed by atoms with Gasteiger partial charge in [0.2, 0.25) is 5.95 Å². The van der Waals surface area contributed by atoms with E-state index in [1.54, 1.807) is 18.6 Å². The van der Waals surface area contributed by atoms with Crippen LogP contribution in [0, 0.1) is 0 Å². The van der Waals surface area contributed by atoms with E-state index in [-0.39, 0.29) is 5.91 Å². The van der Waals surface area contributed by atoms with Gasteiger partial charge in [0.15, 0.2) is 0 Å². The molecule has 2 aliphatic heterocycles. The number of anilines is 2. The molecule has 7 nitrogen and oxygen atoms in total. The van der Waals surface area contributed by atoms with Gasteiger partial charge in [-0.05, 0) is 25.0 Å². The third-order valence-electron chi connectivity index (χ3n) is 4.81. The lowest BCUT2D eigenvalue weighted by Crippen LogP contribution is -2.49. The number of carbonyl (C=O) groups excluding carboxylic acids is 1. The predicted octanol–water partition coefficient (Wildman–Crippen LogP) is 1.43. The van der Waals surface area contributed by atoms with Gasteiger partial charge in [0.1, 0.15) is 5.82 Å². The summed E-state index contributed by atoms with van der Waals surface area (Å²) in [5.74, 6) is 1.70. The Balaban J connectivity index is 1.37. The summed E-state index contributed by atoms with van der Waals surface area (Å²) in [6, 6.07) is 5.90. The van der Waals surface area contributed by atoms with E-state index in [0.29, 0.717) is 18.7 Å². The van der Waals surface area contributed by atoms with Crippen LogP contribution >= 0.6 is 0 Å². The second-order valence-corrected chi connectivity index (χ2v) is 6.43. The van der Waals surface area contributed by atoms with E-state index < -0.39 is 0 Å². The summed E-state index contributed by atoms with van der Waals surface area (Å²) in [6.07, 6.45) is 7.49. The molecule has 0 atom stereocenters. The lowest BCUT2D eigenvalue weighted by molar-refractivity contribution is 0.0745. The molecule has 0 unspecified atom stereocenters. The summed E-state index contributed by atoms with van der Waals surface area (Å²) in [6.45, 7) is 4.95. The van der Waals surface area contributed by atoms with E-state index in [1.165, 1.54) is 12.8 Å². The molecule has 2 aliphatic rings. The summed E-state index contributed by atoms with van der Waals surface area (Å²) in [7, 11) is 0. The van der Waals surface area contributed by atoms with Crippen molar-refractivity contribution in [2.24, 2.45) is 0 Å². The third kappa shape index (κ3) is 3.40. The lowest BCUT2D eigenvalue weighted by atomic mass is 10.2. The first-order valence-electron chi connectivity index (χ1n) is 8.83. The molecule has 2 fully saturated rings. The van der Waals surface area contributed by atoms with Gasteiger partial charge in [0, 0.05) is 57.9 Å². The maximum absolute atomic E-state index is 12.7. The van der Waals surface area contributed by atoms with Crippen LogP contribution in [0.15, 0.2) is 36.8 Å². The zero-order valence-electron chi connectivity index (χ0n) is 14.2. The molecule has 0 bridgehead atoms. The van der Waals surface area contributed by atoms with Crippen LogP contribution in [0.25, 0.3) is 0 Å². The highest BCUT2D eigenvalue weighted by Crippen LogP contribution is 2.17. The number of hydrogen-bond donors (Lipinski definition) is 0. The van der Waals surface area contributed by atoms with E-state index in [0.717, 1.165) is 37.9 Å². The Labute approximate surface area is 147 Å². The van der Waals surface area contributed by atoms with E-state index in [2.05, 4.69) is 24.8 Å². The molecular weight excluding hydrogens is 316 g/mol. The van der Waals surface area contributed by atoms with Gasteiger partial charge in [-0.2, -0.15) is 0 Å². The Morgan fingerprint density at radius 3 is 2.20 bits per heavy atom. The van der Waals surface area contributed by atoms with Crippen molar-refractivity contribution < 1.29 is 4.79 Å². The van der Waals surface area contributed by atoms with Crippen LogP contribution in [-0.4, -0.2) is 65.0 Å². The molecule has 0 saturated carbocycles. The van der Waals surface area contributed by atoms with Crippen LogP contribution in [0.4, 0.5) is 11.8 Å². The highest BCUT2D eigenvalue weighted by Gasteiger charge is 2.23. The van der Waals surface area contributed by atoms with Crippen molar-refractivity contribution in [3.63, 3.8) is 0 Å². The topological polar surface area (TPSA) is 65.5 Å². The smallest absolute Gasteiger partial charge is 0.257 e. The Kier molecular flexibility index (Phi) is 4.45. The first kappa shape index (κ1) is 15.8. The number of hydrogen-bond acceptors (Lipinski definition) is 6. The number of amides is 1. The zero-order valence-corrected chi connectivity index (χ0v) is 14.2. The van der Waals surface area contributed by atoms with Crippen molar-refractivity contribution in [1.29, 1.82) is 0 Å². The molecular formula is C18H22N6O. The van der Waals surface area contributed by atoms with Gasteiger partial charge in [-0.1, -0.05) is 6.07 Å². The Hall–Kier alpha value is -2.70. The number of pyridine rings is 1. The van der Waals surface area contributed by atoms with E-state index in [1.807, 2.05) is 23.1 Å². The Bertz CT molecular complexity index is 706. The SMILES string of the molecule is O=C(c1cnc(N2CCCC2)nc1)N1CCN(c2ccccn2)CC1. The minimum absolute atomic E-state index is 0.00800. The van der Waals surface area contributed by atoms with Crippen LogP contribution < -0.4 is 9.80 Å². The fourth-order valence-electron chi connectivity index (χ4n) is 3.37. The third-order valence-corrected chi connectivity index (χ3v) is 4.81. The number of piperazine rings is 1. The van der Waals surface area contributed by atoms with E-state index in [4.69, 9.17) is 0 Å². The van der Waals surface area contributed by atoms with E-state index >= 15 is 0 Å². The minimum Gasteiger partial charge on any atom is -0.353 e. The molecule has 0 spiro atoms. The second-order valence-electron chi connectivity index (χ2n) is 6.43. The monoisotopic (exact) mass is 338 g/mol. The molecule has 0 N–H and O–H groups in total. The fraction of sp³-hybridized carbons (Fsp3) is 0.444. The molecule has 0 aliphatic carbocycles. The van der Waals surface area contributed by atoms with E-state index in [9.17, 15) is 4.79 Å². The normalized spacial score (nSPS) is 17.8. The van der Waals surface area contributed by atoms with Crippen molar-refractivity contribution >= 4 is 17.7 Å². The van der Waals surface area contributed by atoms with Crippen molar-refractivity contribution in [3.8, 4) is 0 Å². The number of aromatic nitrogens is 3. The number of carbonyl (C=O) groups is 1. The molecule has 2 saturated heterocycles. The summed E-state index contributed by atoms with van der Waals surface area (Å²) < 4.78 is 0. The average Bonchev–Trinajstić information content (AvgIpc) is 3.23. The van der Waals surface area contributed by atoms with Crippen LogP contribution in [-0.2, 0) is 0 Å². The molecule has 130 valence electrons. The second kappa shape index (κ2) is 7.04. The minimum atomic E-state index is 0.00800. The quantitative estimate of drug-likeness (QED) is 0.844. The van der Waals surface area contributed by atoms with Gasteiger partial charge < -0.3 is 14.7 Å². The molecule has 2 aromatic rings. The maximum Gasteiger partial charge on any atom is 0.257 e. The van der Waals surface area contributed by atoms with Crippen molar-refractivity contribution in [1.82, 2.24) is 19.9 Å². The van der Waals surface area contributed by atoms with Gasteiger partial charge in [0.05, 0.1) is 5.56 Å². The molecule has 1 amide bonds. The first-order chi connectivity index (χ1) is 12.3. The van der Waals surface area contributed by atoms with Crippen LogP contribution in [0.3, 0.4) is 0 Å². The van der Waals surface area contributed by atoms with Gasteiger partial charge in [0.25, 0.3) is 5.91 Å². The summed E-state index contributed by atoms with van der Waals surface area (Å²) in [5.41, 5.74) is 0.564.